The van der Waals surface area contributed by atoms with Gasteiger partial charge in [-0.05, 0) is 14.0 Å². The number of rotatable bonds is 3. The molecule has 1 aliphatic rings. The second-order valence-corrected chi connectivity index (χ2v) is 3.60. The average molecular weight is 170 g/mol. The summed E-state index contributed by atoms with van der Waals surface area (Å²) in [7, 11) is 2.15. The summed E-state index contributed by atoms with van der Waals surface area (Å²) in [5, 5.41) is 0. The molecule has 0 bridgehead atoms. The number of carbonyl (C=O) groups excluding carboxylic acids is 1. The average Bonchev–Trinajstić information content (AvgIpc) is 2.03. The van der Waals surface area contributed by atoms with Crippen molar-refractivity contribution in [2.75, 3.05) is 33.2 Å². The number of hydrogen-bond donors (Lipinski definition) is 0. The van der Waals surface area contributed by atoms with Gasteiger partial charge in [0.15, 0.2) is 0 Å². The molecule has 3 heteroatoms. The molecule has 0 radical (unpaired) electrons. The van der Waals surface area contributed by atoms with Crippen LogP contribution < -0.4 is 0 Å². The summed E-state index contributed by atoms with van der Waals surface area (Å²) in [6.45, 7) is 6.51. The second-order valence-electron chi connectivity index (χ2n) is 3.60. The molecular weight excluding hydrogens is 152 g/mol. The molecule has 1 unspecified atom stereocenters. The Morgan fingerprint density at radius 1 is 1.50 bits per heavy atom. The van der Waals surface area contributed by atoms with Gasteiger partial charge in [0.2, 0.25) is 0 Å². The predicted molar refractivity (Wildman–Crippen MR) is 49.2 cm³/mol. The van der Waals surface area contributed by atoms with Crippen molar-refractivity contribution in [2.45, 2.75) is 19.4 Å². The van der Waals surface area contributed by atoms with E-state index in [9.17, 15) is 4.79 Å². The normalized spacial score (nSPS) is 27.3. The van der Waals surface area contributed by atoms with Gasteiger partial charge in [0, 0.05) is 38.6 Å². The third-order valence-electron chi connectivity index (χ3n) is 2.50. The molecule has 1 fully saturated rings. The Bertz CT molecular complexity index is 149. The fraction of sp³-hybridized carbons (Fsp3) is 0.889. The van der Waals surface area contributed by atoms with Gasteiger partial charge in [-0.1, -0.05) is 0 Å². The maximum absolute atomic E-state index is 10.2. The molecule has 70 valence electrons. The van der Waals surface area contributed by atoms with Crippen molar-refractivity contribution in [1.29, 1.82) is 0 Å². The first kappa shape index (κ1) is 9.68. The number of likely N-dealkylation sites (N-methyl/N-ethyl adjacent to an activating group) is 1. The van der Waals surface area contributed by atoms with Crippen molar-refractivity contribution in [1.82, 2.24) is 9.80 Å². The summed E-state index contributed by atoms with van der Waals surface area (Å²) in [5.41, 5.74) is 0. The summed E-state index contributed by atoms with van der Waals surface area (Å²) in [6.07, 6.45) is 1.68. The van der Waals surface area contributed by atoms with Crippen LogP contribution in [0.2, 0.25) is 0 Å². The van der Waals surface area contributed by atoms with Crippen LogP contribution in [0.3, 0.4) is 0 Å². The van der Waals surface area contributed by atoms with Crippen molar-refractivity contribution in [2.24, 2.45) is 0 Å². The van der Waals surface area contributed by atoms with E-state index in [4.69, 9.17) is 0 Å². The molecule has 0 aliphatic carbocycles. The first-order chi connectivity index (χ1) is 5.74. The third kappa shape index (κ3) is 2.57. The Kier molecular flexibility index (Phi) is 3.69. The summed E-state index contributed by atoms with van der Waals surface area (Å²) in [4.78, 5) is 14.9. The number of carbonyl (C=O) groups is 1. The van der Waals surface area contributed by atoms with Crippen LogP contribution in [0.4, 0.5) is 0 Å². The fourth-order valence-corrected chi connectivity index (χ4v) is 1.73. The Balaban J connectivity index is 2.29. The van der Waals surface area contributed by atoms with Gasteiger partial charge in [0.05, 0.1) is 0 Å². The molecule has 12 heavy (non-hydrogen) atoms. The fourth-order valence-electron chi connectivity index (χ4n) is 1.73. The highest BCUT2D eigenvalue weighted by Crippen LogP contribution is 2.07. The molecule has 0 aromatic rings. The summed E-state index contributed by atoms with van der Waals surface area (Å²) < 4.78 is 0. The van der Waals surface area contributed by atoms with Crippen molar-refractivity contribution >= 4 is 6.29 Å². The zero-order chi connectivity index (χ0) is 8.97. The molecule has 3 nitrogen and oxygen atoms in total. The van der Waals surface area contributed by atoms with Gasteiger partial charge in [-0.25, -0.2) is 0 Å². The van der Waals surface area contributed by atoms with Crippen LogP contribution in [0.1, 0.15) is 13.3 Å². The van der Waals surface area contributed by atoms with E-state index >= 15 is 0 Å². The highest BCUT2D eigenvalue weighted by Gasteiger charge is 2.20. The minimum Gasteiger partial charge on any atom is -0.304 e. The molecule has 1 atom stereocenters. The second kappa shape index (κ2) is 4.58. The SMILES string of the molecule is CC1CN(C)CCN1CCC=O. The zero-order valence-electron chi connectivity index (χ0n) is 7.99. The summed E-state index contributed by atoms with van der Waals surface area (Å²) >= 11 is 0. The molecule has 0 amide bonds. The van der Waals surface area contributed by atoms with Gasteiger partial charge in [0.1, 0.15) is 6.29 Å². The predicted octanol–water partition coefficient (Wildman–Crippen LogP) is 0.211. The van der Waals surface area contributed by atoms with E-state index in [1.807, 2.05) is 0 Å². The molecule has 1 saturated heterocycles. The molecule has 0 aromatic heterocycles. The van der Waals surface area contributed by atoms with Crippen LogP contribution in [0.25, 0.3) is 0 Å². The van der Waals surface area contributed by atoms with Crippen LogP contribution >= 0.6 is 0 Å². The topological polar surface area (TPSA) is 23.6 Å². The van der Waals surface area contributed by atoms with Crippen molar-refractivity contribution in [3.05, 3.63) is 0 Å². The van der Waals surface area contributed by atoms with E-state index in [1.165, 1.54) is 0 Å². The van der Waals surface area contributed by atoms with Gasteiger partial charge in [-0.15, -0.1) is 0 Å². The van der Waals surface area contributed by atoms with Crippen LogP contribution in [-0.4, -0.2) is 55.4 Å². The summed E-state index contributed by atoms with van der Waals surface area (Å²) in [6, 6.07) is 0.601. The number of piperazine rings is 1. The molecule has 0 saturated carbocycles. The van der Waals surface area contributed by atoms with E-state index < -0.39 is 0 Å². The van der Waals surface area contributed by atoms with E-state index in [1.54, 1.807) is 0 Å². The number of nitrogens with zero attached hydrogens (tertiary/aromatic N) is 2. The van der Waals surface area contributed by atoms with Crippen LogP contribution in [-0.2, 0) is 4.79 Å². The minimum absolute atomic E-state index is 0.601. The van der Waals surface area contributed by atoms with Gasteiger partial charge < -0.3 is 9.69 Å². The van der Waals surface area contributed by atoms with Gasteiger partial charge in [-0.2, -0.15) is 0 Å². The van der Waals surface area contributed by atoms with Gasteiger partial charge >= 0.3 is 0 Å². The Morgan fingerprint density at radius 3 is 2.83 bits per heavy atom. The highest BCUT2D eigenvalue weighted by molar-refractivity contribution is 5.49. The molecule has 0 N–H and O–H groups in total. The Morgan fingerprint density at radius 2 is 2.25 bits per heavy atom. The molecule has 1 rings (SSSR count). The van der Waals surface area contributed by atoms with Crippen molar-refractivity contribution in [3.63, 3.8) is 0 Å². The molecular formula is C9H18N2O. The van der Waals surface area contributed by atoms with Crippen molar-refractivity contribution < 1.29 is 4.79 Å². The monoisotopic (exact) mass is 170 g/mol. The zero-order valence-corrected chi connectivity index (χ0v) is 7.99. The van der Waals surface area contributed by atoms with E-state index in [2.05, 4.69) is 23.8 Å². The number of aldehydes is 1. The first-order valence-electron chi connectivity index (χ1n) is 4.60. The lowest BCUT2D eigenvalue weighted by molar-refractivity contribution is -0.108. The quantitative estimate of drug-likeness (QED) is 0.566. The largest absolute Gasteiger partial charge is 0.304 e. The van der Waals surface area contributed by atoms with Gasteiger partial charge in [-0.3, -0.25) is 4.90 Å². The first-order valence-corrected chi connectivity index (χ1v) is 4.60. The smallest absolute Gasteiger partial charge is 0.121 e. The summed E-state index contributed by atoms with van der Waals surface area (Å²) in [5.74, 6) is 0. The Labute approximate surface area is 74.3 Å². The third-order valence-corrected chi connectivity index (χ3v) is 2.50. The van der Waals surface area contributed by atoms with E-state index in [0.29, 0.717) is 12.5 Å². The van der Waals surface area contributed by atoms with Crippen molar-refractivity contribution in [3.8, 4) is 0 Å². The molecule has 1 aliphatic heterocycles. The maximum Gasteiger partial charge on any atom is 0.121 e. The maximum atomic E-state index is 10.2. The lowest BCUT2D eigenvalue weighted by Crippen LogP contribution is -2.50. The van der Waals surface area contributed by atoms with Crippen LogP contribution in [0.15, 0.2) is 0 Å². The van der Waals surface area contributed by atoms with E-state index in [-0.39, 0.29) is 0 Å². The molecule has 0 spiro atoms. The minimum atomic E-state index is 0.601. The molecule has 1 heterocycles. The standard InChI is InChI=1S/C9H18N2O/c1-9-8-10(2)5-6-11(9)4-3-7-12/h7,9H,3-6,8H2,1-2H3. The van der Waals surface area contributed by atoms with E-state index in [0.717, 1.165) is 32.5 Å². The Hall–Kier alpha value is -0.410. The lowest BCUT2D eigenvalue weighted by atomic mass is 10.2. The lowest BCUT2D eigenvalue weighted by Gasteiger charge is -2.37. The van der Waals surface area contributed by atoms with Gasteiger partial charge in [0.25, 0.3) is 0 Å². The highest BCUT2D eigenvalue weighted by atomic mass is 16.1. The van der Waals surface area contributed by atoms with Crippen LogP contribution in [0.5, 0.6) is 0 Å². The van der Waals surface area contributed by atoms with Crippen LogP contribution in [0, 0.1) is 0 Å². The molecule has 0 aromatic carbocycles. The number of hydrogen-bond acceptors (Lipinski definition) is 3.